The van der Waals surface area contributed by atoms with Crippen molar-refractivity contribution in [2.45, 2.75) is 47.1 Å². The molecule has 0 radical (unpaired) electrons. The number of anilines is 4. The summed E-state index contributed by atoms with van der Waals surface area (Å²) in [5.41, 5.74) is 14.5. The summed E-state index contributed by atoms with van der Waals surface area (Å²) in [7, 11) is 0. The number of hydrogen-bond donors (Lipinski definition) is 0. The van der Waals surface area contributed by atoms with E-state index in [0.29, 0.717) is 11.4 Å². The molecule has 5 heterocycles. The van der Waals surface area contributed by atoms with Crippen LogP contribution in [0.4, 0.5) is 22.7 Å². The number of para-hydroxylation sites is 3. The molecule has 1 atom stereocenters. The molecular formula is C64H50GeN4OS. The van der Waals surface area contributed by atoms with Crippen molar-refractivity contribution in [3.8, 4) is 39.6 Å². The van der Waals surface area contributed by atoms with E-state index in [4.69, 9.17) is 9.72 Å². The van der Waals surface area contributed by atoms with Crippen LogP contribution in [0.3, 0.4) is 0 Å². The Hall–Kier alpha value is -7.52. The van der Waals surface area contributed by atoms with E-state index in [1.807, 2.05) is 18.0 Å². The van der Waals surface area contributed by atoms with E-state index in [2.05, 4.69) is 247 Å². The fraction of sp³-hybridized carbons (Fsp3) is 0.109. The van der Waals surface area contributed by atoms with Crippen LogP contribution in [0.5, 0.6) is 11.5 Å². The number of nitrogens with zero attached hydrogens (tertiary/aromatic N) is 4. The number of fused-ring (bicyclic) bond motifs is 7. The molecule has 0 amide bonds. The van der Waals surface area contributed by atoms with Crippen molar-refractivity contribution in [2.24, 2.45) is 0 Å². The Bertz CT molecular complexity index is 3700. The molecule has 5 nitrogen and oxygen atoms in total. The van der Waals surface area contributed by atoms with Crippen molar-refractivity contribution in [3.63, 3.8) is 0 Å². The Morgan fingerprint density at radius 1 is 0.592 bits per heavy atom. The first-order chi connectivity index (χ1) is 34.8. The van der Waals surface area contributed by atoms with Crippen LogP contribution in [0.15, 0.2) is 222 Å². The molecule has 71 heavy (non-hydrogen) atoms. The second kappa shape index (κ2) is 16.3. The molecule has 10 aromatic rings. The van der Waals surface area contributed by atoms with E-state index >= 15 is 0 Å². The minimum absolute atomic E-state index is 0.0322. The molecule has 0 saturated heterocycles. The first-order valence-corrected chi connectivity index (χ1v) is 29.9. The number of aromatic nitrogens is 2. The van der Waals surface area contributed by atoms with Gasteiger partial charge in [-0.3, -0.25) is 0 Å². The molecule has 0 saturated carbocycles. The van der Waals surface area contributed by atoms with E-state index in [-0.39, 0.29) is 5.41 Å². The normalized spacial score (nSPS) is 15.8. The molecule has 1 spiro atoms. The van der Waals surface area contributed by atoms with Crippen molar-refractivity contribution in [1.82, 2.24) is 9.55 Å². The minimum atomic E-state index is -3.51. The zero-order valence-corrected chi connectivity index (χ0v) is 42.8. The van der Waals surface area contributed by atoms with Gasteiger partial charge in [0, 0.05) is 0 Å². The summed E-state index contributed by atoms with van der Waals surface area (Å²) in [4.78, 5) is 12.8. The number of hydrogen-bond acceptors (Lipinski definition) is 5. The third-order valence-corrected chi connectivity index (χ3v) is 28.5. The third kappa shape index (κ3) is 6.50. The van der Waals surface area contributed by atoms with Crippen LogP contribution in [-0.4, -0.2) is 29.5 Å². The van der Waals surface area contributed by atoms with Crippen LogP contribution >= 0.6 is 11.8 Å². The maximum absolute atomic E-state index is 7.31. The quantitative estimate of drug-likeness (QED) is 0.149. The Balaban J connectivity index is 0.926. The van der Waals surface area contributed by atoms with Crippen LogP contribution in [0, 0.1) is 0 Å². The molecule has 4 aliphatic rings. The molecule has 0 bridgehead atoms. The molecule has 3 aliphatic heterocycles. The summed E-state index contributed by atoms with van der Waals surface area (Å²) in [6, 6.07) is 73.6. The zero-order valence-electron chi connectivity index (χ0n) is 39.9. The monoisotopic (exact) mass is 996 g/mol. The van der Waals surface area contributed by atoms with Gasteiger partial charge in [-0.25, -0.2) is 0 Å². The van der Waals surface area contributed by atoms with Gasteiger partial charge >= 0.3 is 335 Å². The SMILES string of the molecule is CC(C)(C)c1ccnc(-n2c3c4c5[c](cc(Oc6cccc(N7CN(c8c(-c9ccccc9)cccc8-c8ccccc8)c8ccccc87)c6)cc52)[Ge]2([c]5ccccc5Sc5cccc[c]52)[CH]4CC=C3)c1. The van der Waals surface area contributed by atoms with Crippen LogP contribution in [0.25, 0.3) is 45.1 Å². The Kier molecular flexibility index (Phi) is 9.71. The fourth-order valence-electron chi connectivity index (χ4n) is 12.3. The van der Waals surface area contributed by atoms with Crippen molar-refractivity contribution in [3.05, 3.63) is 229 Å². The second-order valence-corrected chi connectivity index (χ2v) is 29.6. The predicted molar refractivity (Wildman–Crippen MR) is 297 cm³/mol. The van der Waals surface area contributed by atoms with Gasteiger partial charge in [0.25, 0.3) is 0 Å². The van der Waals surface area contributed by atoms with Gasteiger partial charge in [0.2, 0.25) is 0 Å². The van der Waals surface area contributed by atoms with E-state index in [9.17, 15) is 0 Å². The zero-order chi connectivity index (χ0) is 47.4. The maximum atomic E-state index is 7.31. The fourth-order valence-corrected chi connectivity index (χ4v) is 27.9. The number of allylic oxidation sites excluding steroid dienone is 1. The average molecular weight is 996 g/mol. The summed E-state index contributed by atoms with van der Waals surface area (Å²) in [6.07, 6.45) is 7.82. The summed E-state index contributed by atoms with van der Waals surface area (Å²) >= 11 is -1.57. The Labute approximate surface area is 422 Å². The van der Waals surface area contributed by atoms with Crippen LogP contribution < -0.4 is 27.7 Å². The molecule has 1 unspecified atom stereocenters. The molecule has 0 N–H and O–H groups in total. The van der Waals surface area contributed by atoms with E-state index in [1.165, 1.54) is 69.9 Å². The van der Waals surface area contributed by atoms with Gasteiger partial charge in [-0.05, 0) is 11.1 Å². The second-order valence-electron chi connectivity index (χ2n) is 20.3. The molecule has 342 valence electrons. The first kappa shape index (κ1) is 42.4. The van der Waals surface area contributed by atoms with Gasteiger partial charge < -0.3 is 0 Å². The molecule has 2 aromatic heterocycles. The van der Waals surface area contributed by atoms with Crippen molar-refractivity contribution in [1.29, 1.82) is 0 Å². The summed E-state index contributed by atoms with van der Waals surface area (Å²) < 4.78 is 14.7. The van der Waals surface area contributed by atoms with Gasteiger partial charge in [-0.2, -0.15) is 0 Å². The van der Waals surface area contributed by atoms with E-state index in [0.717, 1.165) is 40.8 Å². The van der Waals surface area contributed by atoms with Gasteiger partial charge in [0.15, 0.2) is 0 Å². The molecule has 7 heteroatoms. The van der Waals surface area contributed by atoms with Crippen LogP contribution in [0.1, 0.15) is 48.8 Å². The molecule has 8 aromatic carbocycles. The predicted octanol–water partition coefficient (Wildman–Crippen LogP) is 14.7. The molecule has 0 fully saturated rings. The average Bonchev–Trinajstić information content (AvgIpc) is 4.06. The Morgan fingerprint density at radius 2 is 1.23 bits per heavy atom. The first-order valence-electron chi connectivity index (χ1n) is 24.7. The van der Waals surface area contributed by atoms with Gasteiger partial charge in [-0.1, -0.05) is 78.9 Å². The standard InChI is InChI=1S/C64H50GeN4OS/c1-64(2,3)44-35-36-66-60(37-44)69-56-32-18-29-52-61(56)62-53(65(52)50-27-10-14-33-58(50)71-59-34-15-11-28-51(59)65)39-47(40-57(62)69)70-46-24-16-23-45(38-46)67-41-68(55-31-13-12-30-54(55)67)63-48(42-19-6-4-7-20-42)25-17-26-49(63)43-21-8-5-9-22-43/h4-28,30-40,52H,29,41H2,1-3H3. The number of benzene rings is 8. The molecular weight excluding hydrogens is 945 g/mol. The Morgan fingerprint density at radius 3 is 1.92 bits per heavy atom. The van der Waals surface area contributed by atoms with Crippen molar-refractivity contribution in [2.75, 3.05) is 16.5 Å². The molecule has 14 rings (SSSR count). The van der Waals surface area contributed by atoms with Crippen molar-refractivity contribution < 1.29 is 4.74 Å². The van der Waals surface area contributed by atoms with Gasteiger partial charge in [0.05, 0.1) is 0 Å². The van der Waals surface area contributed by atoms with E-state index < -0.39 is 13.3 Å². The van der Waals surface area contributed by atoms with E-state index in [1.54, 1.807) is 8.79 Å². The summed E-state index contributed by atoms with van der Waals surface area (Å²) in [5.74, 6) is 2.60. The summed E-state index contributed by atoms with van der Waals surface area (Å²) in [5, 5.41) is 1.40. The van der Waals surface area contributed by atoms with Gasteiger partial charge in [-0.15, -0.1) is 0 Å². The van der Waals surface area contributed by atoms with Gasteiger partial charge in [0.1, 0.15) is 0 Å². The summed E-state index contributed by atoms with van der Waals surface area (Å²) in [6.45, 7) is 7.47. The topological polar surface area (TPSA) is 33.5 Å². The number of ether oxygens (including phenoxy) is 1. The number of pyridine rings is 1. The number of rotatable bonds is 7. The third-order valence-electron chi connectivity index (χ3n) is 15.3. The van der Waals surface area contributed by atoms with Crippen LogP contribution in [-0.2, 0) is 5.41 Å². The van der Waals surface area contributed by atoms with Crippen molar-refractivity contribution >= 4 is 77.9 Å². The van der Waals surface area contributed by atoms with Crippen LogP contribution in [0.2, 0.25) is 0 Å². The molecule has 1 aliphatic carbocycles.